The van der Waals surface area contributed by atoms with Crippen molar-refractivity contribution in [2.45, 2.75) is 20.0 Å². The number of non-ortho nitro benzene ring substituents is 1. The highest BCUT2D eigenvalue weighted by Crippen LogP contribution is 2.20. The van der Waals surface area contributed by atoms with Crippen LogP contribution in [0.25, 0.3) is 0 Å². The third-order valence-electron chi connectivity index (χ3n) is 2.92. The van der Waals surface area contributed by atoms with E-state index >= 15 is 0 Å². The molecular weight excluding hydrogens is 242 g/mol. The largest absolute Gasteiger partial charge is 0.489 e. The molecule has 0 aliphatic rings. The molecule has 4 heteroatoms. The number of nitro benzene ring substituents is 1. The highest BCUT2D eigenvalue weighted by Gasteiger charge is 2.10. The minimum atomic E-state index is -0.383. The summed E-state index contributed by atoms with van der Waals surface area (Å²) >= 11 is 0. The fourth-order valence-electron chi connectivity index (χ4n) is 1.88. The van der Waals surface area contributed by atoms with Crippen molar-refractivity contribution < 1.29 is 9.66 Å². The number of rotatable bonds is 5. The molecular formula is C15H15NO3. The van der Waals surface area contributed by atoms with Gasteiger partial charge in [0.05, 0.1) is 4.92 Å². The van der Waals surface area contributed by atoms with Crippen LogP contribution in [0.2, 0.25) is 0 Å². The topological polar surface area (TPSA) is 52.4 Å². The molecule has 0 saturated carbocycles. The van der Waals surface area contributed by atoms with E-state index in [-0.39, 0.29) is 10.6 Å². The van der Waals surface area contributed by atoms with Gasteiger partial charge in [-0.15, -0.1) is 0 Å². The quantitative estimate of drug-likeness (QED) is 0.605. The van der Waals surface area contributed by atoms with Crippen LogP contribution in [-0.4, -0.2) is 4.92 Å². The van der Waals surface area contributed by atoms with Gasteiger partial charge in [0.2, 0.25) is 0 Å². The van der Waals surface area contributed by atoms with Gasteiger partial charge < -0.3 is 4.74 Å². The highest BCUT2D eigenvalue weighted by molar-refractivity contribution is 5.40. The Hall–Kier alpha value is -2.36. The number of nitro groups is 1. The molecule has 0 heterocycles. The van der Waals surface area contributed by atoms with Crippen molar-refractivity contribution in [1.82, 2.24) is 0 Å². The molecule has 0 spiro atoms. The summed E-state index contributed by atoms with van der Waals surface area (Å²) in [6.07, 6.45) is 0.825. The predicted octanol–water partition coefficient (Wildman–Crippen LogP) is 3.74. The Morgan fingerprint density at radius 2 is 1.84 bits per heavy atom. The summed E-state index contributed by atoms with van der Waals surface area (Å²) in [4.78, 5) is 10.4. The van der Waals surface area contributed by atoms with Crippen LogP contribution in [0.5, 0.6) is 5.75 Å². The van der Waals surface area contributed by atoms with E-state index in [1.165, 1.54) is 6.07 Å². The molecule has 2 rings (SSSR count). The molecule has 0 radical (unpaired) electrons. The molecule has 0 aliphatic heterocycles. The lowest BCUT2D eigenvalue weighted by Gasteiger charge is -2.09. The maximum Gasteiger partial charge on any atom is 0.269 e. The van der Waals surface area contributed by atoms with E-state index in [1.807, 2.05) is 37.3 Å². The van der Waals surface area contributed by atoms with Crippen molar-refractivity contribution >= 4 is 5.69 Å². The molecule has 0 bridgehead atoms. The van der Waals surface area contributed by atoms with Crippen LogP contribution in [-0.2, 0) is 13.0 Å². The second kappa shape index (κ2) is 6.00. The van der Waals surface area contributed by atoms with Gasteiger partial charge in [0.15, 0.2) is 0 Å². The van der Waals surface area contributed by atoms with Gasteiger partial charge >= 0.3 is 0 Å². The monoisotopic (exact) mass is 257 g/mol. The first-order chi connectivity index (χ1) is 9.20. The maximum absolute atomic E-state index is 10.8. The van der Waals surface area contributed by atoms with E-state index in [0.717, 1.165) is 23.3 Å². The number of hydrogen-bond acceptors (Lipinski definition) is 3. The predicted molar refractivity (Wildman–Crippen MR) is 73.2 cm³/mol. The van der Waals surface area contributed by atoms with Gasteiger partial charge in [0.25, 0.3) is 5.69 Å². The van der Waals surface area contributed by atoms with E-state index in [0.29, 0.717) is 6.61 Å². The number of ether oxygens (including phenoxy) is 1. The molecule has 2 aromatic rings. The molecule has 0 amide bonds. The Morgan fingerprint density at radius 1 is 1.11 bits per heavy atom. The fourth-order valence-corrected chi connectivity index (χ4v) is 1.88. The minimum absolute atomic E-state index is 0.101. The van der Waals surface area contributed by atoms with Crippen molar-refractivity contribution in [1.29, 1.82) is 0 Å². The molecule has 0 unspecified atom stereocenters. The first-order valence-electron chi connectivity index (χ1n) is 6.14. The average molecular weight is 257 g/mol. The molecule has 0 aliphatic carbocycles. The summed E-state index contributed by atoms with van der Waals surface area (Å²) in [5.74, 6) is 0.760. The van der Waals surface area contributed by atoms with E-state index in [2.05, 4.69) is 0 Å². The molecule has 0 fully saturated rings. The molecule has 0 saturated heterocycles. The molecule has 98 valence electrons. The second-order valence-corrected chi connectivity index (χ2v) is 4.17. The lowest BCUT2D eigenvalue weighted by molar-refractivity contribution is -0.385. The molecule has 19 heavy (non-hydrogen) atoms. The average Bonchev–Trinajstić information content (AvgIpc) is 2.45. The zero-order valence-corrected chi connectivity index (χ0v) is 10.7. The molecule has 0 N–H and O–H groups in total. The summed E-state index contributed by atoms with van der Waals surface area (Å²) in [7, 11) is 0. The van der Waals surface area contributed by atoms with E-state index in [4.69, 9.17) is 4.74 Å². The molecule has 0 atom stereocenters. The third kappa shape index (κ3) is 3.31. The Labute approximate surface area is 111 Å². The highest BCUT2D eigenvalue weighted by atomic mass is 16.6. The zero-order valence-electron chi connectivity index (χ0n) is 10.7. The van der Waals surface area contributed by atoms with Gasteiger partial charge in [-0.3, -0.25) is 10.1 Å². The SMILES string of the molecule is CCc1ccc([N+](=O)[O-])cc1COc1ccccc1. The summed E-state index contributed by atoms with van der Waals surface area (Å²) in [5, 5.41) is 10.8. The summed E-state index contributed by atoms with van der Waals surface area (Å²) in [5.41, 5.74) is 2.03. The summed E-state index contributed by atoms with van der Waals surface area (Å²) in [6, 6.07) is 14.3. The maximum atomic E-state index is 10.8. The molecule has 2 aromatic carbocycles. The van der Waals surface area contributed by atoms with Crippen LogP contribution in [0, 0.1) is 10.1 Å². The second-order valence-electron chi connectivity index (χ2n) is 4.17. The summed E-state index contributed by atoms with van der Waals surface area (Å²) in [6.45, 7) is 2.36. The Kier molecular flexibility index (Phi) is 4.13. The van der Waals surface area contributed by atoms with Crippen LogP contribution in [0.3, 0.4) is 0 Å². The minimum Gasteiger partial charge on any atom is -0.489 e. The first kappa shape index (κ1) is 13.1. The Balaban J connectivity index is 2.18. The van der Waals surface area contributed by atoms with Crippen molar-refractivity contribution in [3.63, 3.8) is 0 Å². The Morgan fingerprint density at radius 3 is 2.47 bits per heavy atom. The number of benzene rings is 2. The van der Waals surface area contributed by atoms with Crippen LogP contribution in [0.4, 0.5) is 5.69 Å². The Bertz CT molecular complexity index is 567. The lowest BCUT2D eigenvalue weighted by Crippen LogP contribution is -2.01. The normalized spacial score (nSPS) is 10.2. The third-order valence-corrected chi connectivity index (χ3v) is 2.92. The van der Waals surface area contributed by atoms with Crippen molar-refractivity contribution in [3.8, 4) is 5.75 Å². The molecule has 0 aromatic heterocycles. The number of para-hydroxylation sites is 1. The van der Waals surface area contributed by atoms with Gasteiger partial charge in [-0.25, -0.2) is 0 Å². The van der Waals surface area contributed by atoms with E-state index in [1.54, 1.807) is 12.1 Å². The van der Waals surface area contributed by atoms with Crippen molar-refractivity contribution in [2.24, 2.45) is 0 Å². The van der Waals surface area contributed by atoms with Gasteiger partial charge in [0, 0.05) is 12.1 Å². The van der Waals surface area contributed by atoms with Gasteiger partial charge in [-0.2, -0.15) is 0 Å². The van der Waals surface area contributed by atoms with Crippen LogP contribution >= 0.6 is 0 Å². The van der Waals surface area contributed by atoms with Gasteiger partial charge in [0.1, 0.15) is 12.4 Å². The number of nitrogens with zero attached hydrogens (tertiary/aromatic N) is 1. The van der Waals surface area contributed by atoms with E-state index < -0.39 is 0 Å². The lowest BCUT2D eigenvalue weighted by atomic mass is 10.1. The van der Waals surface area contributed by atoms with E-state index in [9.17, 15) is 10.1 Å². The first-order valence-corrected chi connectivity index (χ1v) is 6.14. The van der Waals surface area contributed by atoms with Gasteiger partial charge in [-0.1, -0.05) is 31.2 Å². The zero-order chi connectivity index (χ0) is 13.7. The van der Waals surface area contributed by atoms with Crippen LogP contribution < -0.4 is 4.74 Å². The van der Waals surface area contributed by atoms with Crippen LogP contribution in [0.1, 0.15) is 18.1 Å². The van der Waals surface area contributed by atoms with Crippen LogP contribution in [0.15, 0.2) is 48.5 Å². The van der Waals surface area contributed by atoms with Crippen molar-refractivity contribution in [2.75, 3.05) is 0 Å². The van der Waals surface area contributed by atoms with Crippen molar-refractivity contribution in [3.05, 3.63) is 69.8 Å². The standard InChI is InChI=1S/C15H15NO3/c1-2-12-8-9-14(16(17)18)10-13(12)11-19-15-6-4-3-5-7-15/h3-10H,2,11H2,1H3. The number of hydrogen-bond donors (Lipinski definition) is 0. The van der Waals surface area contributed by atoms with Gasteiger partial charge in [-0.05, 0) is 29.7 Å². The smallest absolute Gasteiger partial charge is 0.269 e. The fraction of sp³-hybridized carbons (Fsp3) is 0.200. The summed E-state index contributed by atoms with van der Waals surface area (Å²) < 4.78 is 5.65. The number of aryl methyl sites for hydroxylation is 1. The molecule has 4 nitrogen and oxygen atoms in total.